The first kappa shape index (κ1) is 22.9. The second-order valence-corrected chi connectivity index (χ2v) is 10.0. The van der Waals surface area contributed by atoms with Crippen LogP contribution in [-0.4, -0.2) is 50.9 Å². The minimum absolute atomic E-state index is 0.0863. The molecule has 38 heavy (non-hydrogen) atoms. The van der Waals surface area contributed by atoms with Crippen molar-refractivity contribution in [2.45, 2.75) is 32.0 Å². The van der Waals surface area contributed by atoms with Crippen LogP contribution >= 0.6 is 0 Å². The highest BCUT2D eigenvalue weighted by Crippen LogP contribution is 2.37. The first-order chi connectivity index (χ1) is 18.6. The zero-order valence-corrected chi connectivity index (χ0v) is 21.2. The summed E-state index contributed by atoms with van der Waals surface area (Å²) in [6.07, 6.45) is 7.28. The van der Waals surface area contributed by atoms with Crippen LogP contribution in [0.25, 0.3) is 28.1 Å². The van der Waals surface area contributed by atoms with Crippen molar-refractivity contribution in [3.05, 3.63) is 71.4 Å². The third-order valence-corrected chi connectivity index (χ3v) is 7.21. The maximum absolute atomic E-state index is 13.0. The fraction of sp³-hybridized carbons (Fsp3) is 0.286. The van der Waals surface area contributed by atoms with E-state index < -0.39 is 0 Å². The Morgan fingerprint density at radius 2 is 2.08 bits per heavy atom. The number of imidazole rings is 1. The van der Waals surface area contributed by atoms with Crippen molar-refractivity contribution in [1.82, 2.24) is 29.6 Å². The summed E-state index contributed by atoms with van der Waals surface area (Å²) in [4.78, 5) is 29.0. The minimum atomic E-state index is -0.113. The third kappa shape index (κ3) is 3.72. The van der Waals surface area contributed by atoms with E-state index in [0.29, 0.717) is 35.8 Å². The van der Waals surface area contributed by atoms with Crippen molar-refractivity contribution < 1.29 is 13.9 Å². The second kappa shape index (κ2) is 8.93. The van der Waals surface area contributed by atoms with Gasteiger partial charge in [-0.2, -0.15) is 0 Å². The van der Waals surface area contributed by atoms with E-state index in [-0.39, 0.29) is 12.0 Å². The molecule has 1 saturated heterocycles. The molecule has 0 spiro atoms. The number of nitrogens with one attached hydrogen (secondary N) is 2. The second-order valence-electron chi connectivity index (χ2n) is 10.0. The molecular formula is C28H27N7O3. The molecule has 0 bridgehead atoms. The molecule has 10 nitrogen and oxygen atoms in total. The molecule has 1 atom stereocenters. The quantitative estimate of drug-likeness (QED) is 0.346. The lowest BCUT2D eigenvalue weighted by atomic mass is 9.99. The summed E-state index contributed by atoms with van der Waals surface area (Å²) in [5, 5.41) is 6.42. The summed E-state index contributed by atoms with van der Waals surface area (Å²) in [5.74, 6) is 0.581. The van der Waals surface area contributed by atoms with E-state index in [2.05, 4.69) is 31.6 Å². The number of amides is 1. The number of pyridine rings is 1. The van der Waals surface area contributed by atoms with Crippen molar-refractivity contribution in [2.24, 2.45) is 0 Å². The number of hydrogen-bond donors (Lipinski definition) is 2. The van der Waals surface area contributed by atoms with Crippen LogP contribution in [0.5, 0.6) is 0 Å². The van der Waals surface area contributed by atoms with E-state index in [4.69, 9.17) is 14.1 Å². The number of aromatic nitrogens is 4. The zero-order chi connectivity index (χ0) is 25.8. The number of benzene rings is 1. The Kier molecular flexibility index (Phi) is 5.38. The molecule has 4 aromatic heterocycles. The van der Waals surface area contributed by atoms with Crippen LogP contribution < -0.4 is 10.6 Å². The molecule has 1 aromatic carbocycles. The van der Waals surface area contributed by atoms with Gasteiger partial charge in [0.25, 0.3) is 5.91 Å². The normalized spacial score (nSPS) is 17.0. The molecule has 192 valence electrons. The van der Waals surface area contributed by atoms with Gasteiger partial charge < -0.3 is 24.7 Å². The highest BCUT2D eigenvalue weighted by atomic mass is 16.5. The lowest BCUT2D eigenvalue weighted by Gasteiger charge is -2.19. The number of fused-ring (bicyclic) bond motifs is 4. The lowest BCUT2D eigenvalue weighted by molar-refractivity contribution is 0.0966. The van der Waals surface area contributed by atoms with Gasteiger partial charge in [-0.15, -0.1) is 0 Å². The Morgan fingerprint density at radius 3 is 2.92 bits per heavy atom. The van der Waals surface area contributed by atoms with Gasteiger partial charge in [-0.3, -0.25) is 9.20 Å². The van der Waals surface area contributed by atoms with Gasteiger partial charge in [0, 0.05) is 36.9 Å². The van der Waals surface area contributed by atoms with Gasteiger partial charge >= 0.3 is 0 Å². The van der Waals surface area contributed by atoms with Crippen molar-refractivity contribution in [1.29, 1.82) is 0 Å². The summed E-state index contributed by atoms with van der Waals surface area (Å²) >= 11 is 0. The number of furan rings is 1. The number of hydrogen-bond acceptors (Lipinski definition) is 8. The summed E-state index contributed by atoms with van der Waals surface area (Å²) in [5.41, 5.74) is 8.25. The topological polar surface area (TPSA) is 110 Å². The van der Waals surface area contributed by atoms with Gasteiger partial charge in [-0.05, 0) is 44.6 Å². The Balaban J connectivity index is 1.29. The number of carbonyl (C=O) groups excluding carboxylic acids is 1. The average Bonchev–Trinajstić information content (AvgIpc) is 3.70. The first-order valence-electron chi connectivity index (χ1n) is 12.7. The Morgan fingerprint density at radius 1 is 1.16 bits per heavy atom. The van der Waals surface area contributed by atoms with Crippen LogP contribution in [0.3, 0.4) is 0 Å². The molecule has 6 heterocycles. The summed E-state index contributed by atoms with van der Waals surface area (Å²) < 4.78 is 13.5. The molecule has 10 heteroatoms. The molecule has 2 aliphatic rings. The Hall–Kier alpha value is -4.28. The van der Waals surface area contributed by atoms with Gasteiger partial charge in [-0.1, -0.05) is 12.1 Å². The molecule has 7 rings (SSSR count). The van der Waals surface area contributed by atoms with Crippen LogP contribution in [0, 0.1) is 0 Å². The van der Waals surface area contributed by atoms with Crippen LogP contribution in [0.2, 0.25) is 0 Å². The van der Waals surface area contributed by atoms with Gasteiger partial charge in [0.15, 0.2) is 5.65 Å². The molecule has 1 amide bonds. The summed E-state index contributed by atoms with van der Waals surface area (Å²) in [7, 11) is 4.06. The van der Waals surface area contributed by atoms with E-state index in [0.717, 1.165) is 58.7 Å². The van der Waals surface area contributed by atoms with E-state index >= 15 is 0 Å². The Bertz CT molecular complexity index is 1700. The fourth-order valence-electron chi connectivity index (χ4n) is 5.53. The smallest absolute Gasteiger partial charge is 0.254 e. The van der Waals surface area contributed by atoms with Crippen molar-refractivity contribution in [2.75, 3.05) is 26.0 Å². The fourth-order valence-corrected chi connectivity index (χ4v) is 5.53. The highest BCUT2D eigenvalue weighted by Gasteiger charge is 2.28. The SMILES string of the molecule is CN(C)Cc1nc(Nc2ccc(-c3cnc4cnc5occc5n34)c3c2C(=O)NC3)ccc1[C@H]1CCCO1. The minimum Gasteiger partial charge on any atom is -0.445 e. The number of rotatable bonds is 6. The van der Waals surface area contributed by atoms with E-state index in [1.54, 1.807) is 12.5 Å². The number of carbonyl (C=O) groups is 1. The first-order valence-corrected chi connectivity index (χ1v) is 12.7. The van der Waals surface area contributed by atoms with Crippen LogP contribution in [0.15, 0.2) is 53.4 Å². The number of nitrogens with zero attached hydrogens (tertiary/aromatic N) is 5. The standard InChI is InChI=1S/C28H27N7O3/c1-34(2)15-20-17(23-4-3-10-37-23)6-8-24(33-20)32-19-7-5-16(18-12-30-27(36)26(18)19)22-13-29-25-14-31-28-21(35(22)25)9-11-38-28/h5-9,11,13-14,23H,3-4,10,12,15H2,1-2H3,(H,30,36)(H,32,33)/t23-/m1/s1. The molecule has 0 radical (unpaired) electrons. The number of anilines is 2. The summed E-state index contributed by atoms with van der Waals surface area (Å²) in [6.45, 7) is 1.92. The average molecular weight is 510 g/mol. The van der Waals surface area contributed by atoms with Gasteiger partial charge in [0.05, 0.1) is 47.4 Å². The molecule has 5 aromatic rings. The van der Waals surface area contributed by atoms with Crippen molar-refractivity contribution in [3.63, 3.8) is 0 Å². The van der Waals surface area contributed by atoms with Gasteiger partial charge in [-0.25, -0.2) is 15.0 Å². The Labute approximate surface area is 218 Å². The predicted octanol–water partition coefficient (Wildman–Crippen LogP) is 4.44. The zero-order valence-electron chi connectivity index (χ0n) is 21.2. The monoisotopic (exact) mass is 509 g/mol. The maximum atomic E-state index is 13.0. The van der Waals surface area contributed by atoms with Gasteiger partial charge in [0.2, 0.25) is 5.71 Å². The lowest BCUT2D eigenvalue weighted by Crippen LogP contribution is -2.16. The molecule has 0 saturated carbocycles. The van der Waals surface area contributed by atoms with E-state index in [1.807, 2.05) is 49.0 Å². The van der Waals surface area contributed by atoms with Crippen LogP contribution in [0.1, 0.15) is 46.1 Å². The maximum Gasteiger partial charge on any atom is 0.254 e. The molecular weight excluding hydrogens is 482 g/mol. The van der Waals surface area contributed by atoms with Crippen molar-refractivity contribution >= 4 is 34.3 Å². The predicted molar refractivity (Wildman–Crippen MR) is 142 cm³/mol. The molecule has 2 N–H and O–H groups in total. The molecule has 0 aliphatic carbocycles. The largest absolute Gasteiger partial charge is 0.445 e. The third-order valence-electron chi connectivity index (χ3n) is 7.21. The molecule has 1 fully saturated rings. The number of ether oxygens (including phenoxy) is 1. The molecule has 0 unspecified atom stereocenters. The van der Waals surface area contributed by atoms with E-state index in [9.17, 15) is 4.79 Å². The van der Waals surface area contributed by atoms with Crippen LogP contribution in [-0.2, 0) is 17.8 Å². The van der Waals surface area contributed by atoms with Crippen molar-refractivity contribution in [3.8, 4) is 11.3 Å². The van der Waals surface area contributed by atoms with Crippen LogP contribution in [0.4, 0.5) is 11.5 Å². The summed E-state index contributed by atoms with van der Waals surface area (Å²) in [6, 6.07) is 9.90. The van der Waals surface area contributed by atoms with E-state index in [1.165, 1.54) is 0 Å². The highest BCUT2D eigenvalue weighted by molar-refractivity contribution is 6.06. The molecule has 2 aliphatic heterocycles. The van der Waals surface area contributed by atoms with Gasteiger partial charge in [0.1, 0.15) is 11.3 Å².